The van der Waals surface area contributed by atoms with E-state index in [1.54, 1.807) is 0 Å². The zero-order valence-corrected chi connectivity index (χ0v) is 7.51. The van der Waals surface area contributed by atoms with Gasteiger partial charge in [-0.05, 0) is 17.7 Å². The number of fused-ring (bicyclic) bond motifs is 1. The molecule has 1 heterocycles. The molecule has 1 aromatic heterocycles. The lowest BCUT2D eigenvalue weighted by atomic mass is 10.2. The van der Waals surface area contributed by atoms with Crippen LogP contribution in [0.3, 0.4) is 0 Å². The van der Waals surface area contributed by atoms with Crippen LogP contribution >= 0.6 is 0 Å². The second-order valence-electron chi connectivity index (χ2n) is 2.88. The largest absolute Gasteiger partial charge is 0.443 e. The fraction of sp³-hybridized carbons (Fsp3) is 0.0909. The molecule has 0 fully saturated rings. The fourth-order valence-electron chi connectivity index (χ4n) is 1.24. The molecule has 3 heteroatoms. The van der Waals surface area contributed by atoms with Crippen molar-refractivity contribution in [2.75, 3.05) is 0 Å². The first-order valence-corrected chi connectivity index (χ1v) is 4.33. The zero-order valence-electron chi connectivity index (χ0n) is 7.51. The SMILES string of the molecule is O=CCC=Cc1ccc2ocnc2c1. The maximum absolute atomic E-state index is 10.1. The van der Waals surface area contributed by atoms with Crippen molar-refractivity contribution < 1.29 is 9.21 Å². The third-order valence-corrected chi connectivity index (χ3v) is 1.90. The molecule has 0 aliphatic rings. The number of aromatic nitrogens is 1. The average Bonchev–Trinajstić information content (AvgIpc) is 2.65. The summed E-state index contributed by atoms with van der Waals surface area (Å²) >= 11 is 0. The van der Waals surface area contributed by atoms with E-state index in [4.69, 9.17) is 4.42 Å². The van der Waals surface area contributed by atoms with Gasteiger partial charge >= 0.3 is 0 Å². The lowest BCUT2D eigenvalue weighted by Gasteiger charge is -1.91. The van der Waals surface area contributed by atoms with Gasteiger partial charge in [-0.25, -0.2) is 4.98 Å². The minimum Gasteiger partial charge on any atom is -0.443 e. The maximum Gasteiger partial charge on any atom is 0.181 e. The van der Waals surface area contributed by atoms with Crippen LogP contribution in [0.2, 0.25) is 0 Å². The van der Waals surface area contributed by atoms with E-state index in [0.717, 1.165) is 22.9 Å². The van der Waals surface area contributed by atoms with E-state index in [-0.39, 0.29) is 0 Å². The van der Waals surface area contributed by atoms with Gasteiger partial charge in [0.25, 0.3) is 0 Å². The fourth-order valence-corrected chi connectivity index (χ4v) is 1.24. The smallest absolute Gasteiger partial charge is 0.181 e. The van der Waals surface area contributed by atoms with Crippen LogP contribution in [0.1, 0.15) is 12.0 Å². The Morgan fingerprint density at radius 1 is 1.43 bits per heavy atom. The van der Waals surface area contributed by atoms with Crippen molar-refractivity contribution in [2.45, 2.75) is 6.42 Å². The van der Waals surface area contributed by atoms with Gasteiger partial charge in [-0.1, -0.05) is 18.2 Å². The van der Waals surface area contributed by atoms with E-state index < -0.39 is 0 Å². The van der Waals surface area contributed by atoms with Crippen LogP contribution in [0, 0.1) is 0 Å². The first kappa shape index (κ1) is 8.69. The molecule has 0 spiro atoms. The Bertz CT molecular complexity index is 471. The summed E-state index contributed by atoms with van der Waals surface area (Å²) in [6.07, 6.45) is 6.43. The molecule has 0 atom stereocenters. The third-order valence-electron chi connectivity index (χ3n) is 1.90. The number of allylic oxidation sites excluding steroid dienone is 1. The van der Waals surface area contributed by atoms with Crippen LogP contribution in [0.15, 0.2) is 35.1 Å². The van der Waals surface area contributed by atoms with E-state index >= 15 is 0 Å². The maximum atomic E-state index is 10.1. The van der Waals surface area contributed by atoms with Crippen molar-refractivity contribution in [1.82, 2.24) is 4.98 Å². The molecule has 2 aromatic rings. The van der Waals surface area contributed by atoms with Gasteiger partial charge in [0, 0.05) is 6.42 Å². The molecule has 0 saturated carbocycles. The van der Waals surface area contributed by atoms with Crippen LogP contribution in [0.25, 0.3) is 17.2 Å². The van der Waals surface area contributed by atoms with Gasteiger partial charge in [0.15, 0.2) is 12.0 Å². The molecule has 0 radical (unpaired) electrons. The molecule has 0 unspecified atom stereocenters. The van der Waals surface area contributed by atoms with Gasteiger partial charge in [-0.15, -0.1) is 0 Å². The lowest BCUT2D eigenvalue weighted by molar-refractivity contribution is -0.107. The summed E-state index contributed by atoms with van der Waals surface area (Å²) in [5.41, 5.74) is 2.63. The van der Waals surface area contributed by atoms with E-state index in [2.05, 4.69) is 4.98 Å². The van der Waals surface area contributed by atoms with Crippen LogP contribution < -0.4 is 0 Å². The number of carbonyl (C=O) groups is 1. The van der Waals surface area contributed by atoms with Crippen LogP contribution in [0.5, 0.6) is 0 Å². The minimum atomic E-state index is 0.441. The molecular formula is C11H9NO2. The van der Waals surface area contributed by atoms with Crippen LogP contribution in [0.4, 0.5) is 0 Å². The predicted octanol–water partition coefficient (Wildman–Crippen LogP) is 2.43. The van der Waals surface area contributed by atoms with Gasteiger partial charge < -0.3 is 9.21 Å². The topological polar surface area (TPSA) is 43.1 Å². The van der Waals surface area contributed by atoms with Crippen LogP contribution in [-0.2, 0) is 4.79 Å². The van der Waals surface area contributed by atoms with Crippen molar-refractivity contribution >= 4 is 23.5 Å². The summed E-state index contributed by atoms with van der Waals surface area (Å²) in [6, 6.07) is 5.71. The van der Waals surface area contributed by atoms with Crippen molar-refractivity contribution in [3.8, 4) is 0 Å². The Morgan fingerprint density at radius 2 is 2.36 bits per heavy atom. The first-order valence-electron chi connectivity index (χ1n) is 4.33. The second-order valence-corrected chi connectivity index (χ2v) is 2.88. The molecule has 3 nitrogen and oxygen atoms in total. The monoisotopic (exact) mass is 187 g/mol. The molecule has 0 bridgehead atoms. The summed E-state index contributed by atoms with van der Waals surface area (Å²) in [5.74, 6) is 0. The van der Waals surface area contributed by atoms with Crippen molar-refractivity contribution in [3.05, 3.63) is 36.2 Å². The van der Waals surface area contributed by atoms with Gasteiger partial charge in [-0.3, -0.25) is 0 Å². The predicted molar refractivity (Wildman–Crippen MR) is 53.7 cm³/mol. The van der Waals surface area contributed by atoms with E-state index in [0.29, 0.717) is 6.42 Å². The molecule has 1 aromatic carbocycles. The van der Waals surface area contributed by atoms with Gasteiger partial charge in [0.2, 0.25) is 0 Å². The highest BCUT2D eigenvalue weighted by Gasteiger charge is 1.96. The number of nitrogens with zero attached hydrogens (tertiary/aromatic N) is 1. The molecular weight excluding hydrogens is 178 g/mol. The summed E-state index contributed by atoms with van der Waals surface area (Å²) in [6.45, 7) is 0. The van der Waals surface area contributed by atoms with Crippen molar-refractivity contribution in [3.63, 3.8) is 0 Å². The highest BCUT2D eigenvalue weighted by molar-refractivity contribution is 5.75. The standard InChI is InChI=1S/C11H9NO2/c13-6-2-1-3-9-4-5-11-10(7-9)12-8-14-11/h1,3-8H,2H2. The number of hydrogen-bond acceptors (Lipinski definition) is 3. The summed E-state index contributed by atoms with van der Waals surface area (Å²) < 4.78 is 5.11. The Balaban J connectivity index is 2.29. The van der Waals surface area contributed by atoms with E-state index in [9.17, 15) is 4.79 Å². The van der Waals surface area contributed by atoms with Crippen LogP contribution in [-0.4, -0.2) is 11.3 Å². The average molecular weight is 187 g/mol. The van der Waals surface area contributed by atoms with Crippen molar-refractivity contribution in [2.24, 2.45) is 0 Å². The van der Waals surface area contributed by atoms with E-state index in [1.165, 1.54) is 6.39 Å². The van der Waals surface area contributed by atoms with Gasteiger partial charge in [0.05, 0.1) is 0 Å². The normalized spacial score (nSPS) is 11.1. The number of carbonyl (C=O) groups excluding carboxylic acids is 1. The van der Waals surface area contributed by atoms with E-state index in [1.807, 2.05) is 30.4 Å². The number of benzene rings is 1. The molecule has 70 valence electrons. The number of aldehydes is 1. The summed E-state index contributed by atoms with van der Waals surface area (Å²) in [4.78, 5) is 14.1. The van der Waals surface area contributed by atoms with Gasteiger partial charge in [-0.2, -0.15) is 0 Å². The number of rotatable bonds is 3. The molecule has 0 saturated heterocycles. The Hall–Kier alpha value is -1.90. The highest BCUT2D eigenvalue weighted by Crippen LogP contribution is 2.14. The second kappa shape index (κ2) is 3.87. The Labute approximate surface area is 81.1 Å². The third kappa shape index (κ3) is 1.71. The molecule has 0 aliphatic carbocycles. The summed E-state index contributed by atoms with van der Waals surface area (Å²) in [5, 5.41) is 0. The Kier molecular flexibility index (Phi) is 2.40. The Morgan fingerprint density at radius 3 is 3.21 bits per heavy atom. The highest BCUT2D eigenvalue weighted by atomic mass is 16.3. The molecule has 0 N–H and O–H groups in total. The number of hydrogen-bond donors (Lipinski definition) is 0. The van der Waals surface area contributed by atoms with Gasteiger partial charge in [0.1, 0.15) is 11.8 Å². The molecule has 14 heavy (non-hydrogen) atoms. The first-order chi connectivity index (χ1) is 6.90. The zero-order chi connectivity index (χ0) is 9.80. The molecule has 0 aliphatic heterocycles. The minimum absolute atomic E-state index is 0.441. The molecule has 2 rings (SSSR count). The lowest BCUT2D eigenvalue weighted by Crippen LogP contribution is -1.73. The quantitative estimate of drug-likeness (QED) is 0.693. The summed E-state index contributed by atoms with van der Waals surface area (Å²) in [7, 11) is 0. The molecule has 0 amide bonds. The number of oxazole rings is 1. The van der Waals surface area contributed by atoms with Crippen molar-refractivity contribution in [1.29, 1.82) is 0 Å².